The van der Waals surface area contributed by atoms with Crippen molar-refractivity contribution in [1.29, 1.82) is 0 Å². The highest BCUT2D eigenvalue weighted by Gasteiger charge is 2.20. The molecular weight excluding hydrogens is 210 g/mol. The van der Waals surface area contributed by atoms with E-state index in [0.29, 0.717) is 23.8 Å². The molecule has 0 unspecified atom stereocenters. The fourth-order valence-corrected chi connectivity index (χ4v) is 1.77. The first kappa shape index (κ1) is 10.8. The van der Waals surface area contributed by atoms with Gasteiger partial charge >= 0.3 is 0 Å². The molecule has 1 fully saturated rings. The topological polar surface area (TPSA) is 47.0 Å². The molecule has 0 radical (unpaired) electrons. The minimum absolute atomic E-state index is 0.530. The van der Waals surface area contributed by atoms with Crippen LogP contribution in [0.1, 0.15) is 31.7 Å². The summed E-state index contributed by atoms with van der Waals surface area (Å²) < 4.78 is 5.49. The fourth-order valence-electron chi connectivity index (χ4n) is 1.13. The average molecular weight is 227 g/mol. The van der Waals surface area contributed by atoms with Crippen LogP contribution in [0.4, 0.5) is 0 Å². The van der Waals surface area contributed by atoms with Crippen LogP contribution >= 0.6 is 11.3 Å². The van der Waals surface area contributed by atoms with Crippen molar-refractivity contribution >= 4 is 11.3 Å². The van der Waals surface area contributed by atoms with E-state index in [1.807, 2.05) is 0 Å². The second kappa shape index (κ2) is 4.90. The maximum atomic E-state index is 5.49. The summed E-state index contributed by atoms with van der Waals surface area (Å²) in [5, 5.41) is 13.2. The minimum atomic E-state index is 0.530. The van der Waals surface area contributed by atoms with Crippen molar-refractivity contribution in [3.8, 4) is 5.19 Å². The first-order valence-electron chi connectivity index (χ1n) is 5.42. The summed E-state index contributed by atoms with van der Waals surface area (Å²) in [6.07, 6.45) is 2.60. The van der Waals surface area contributed by atoms with E-state index < -0.39 is 0 Å². The van der Waals surface area contributed by atoms with E-state index in [1.165, 1.54) is 24.2 Å². The Morgan fingerprint density at radius 1 is 1.47 bits per heavy atom. The molecular formula is C10H17N3OS. The van der Waals surface area contributed by atoms with Crippen LogP contribution in [0, 0.1) is 5.92 Å². The van der Waals surface area contributed by atoms with Gasteiger partial charge in [0.2, 0.25) is 0 Å². The number of nitrogens with one attached hydrogen (secondary N) is 1. The Bertz CT molecular complexity index is 289. The van der Waals surface area contributed by atoms with Gasteiger partial charge in [-0.2, -0.15) is 0 Å². The number of ether oxygens (including phenoxy) is 1. The van der Waals surface area contributed by atoms with Gasteiger partial charge < -0.3 is 10.1 Å². The fraction of sp³-hybridized carbons (Fsp3) is 0.800. The van der Waals surface area contributed by atoms with Crippen LogP contribution in [0.25, 0.3) is 0 Å². The Morgan fingerprint density at radius 3 is 2.93 bits per heavy atom. The summed E-state index contributed by atoms with van der Waals surface area (Å²) in [7, 11) is 0. The second-order valence-corrected chi connectivity index (χ2v) is 5.35. The Hall–Kier alpha value is -0.680. The zero-order valence-electron chi connectivity index (χ0n) is 9.19. The lowest BCUT2D eigenvalue weighted by Gasteiger charge is -2.03. The van der Waals surface area contributed by atoms with E-state index in [4.69, 9.17) is 4.74 Å². The van der Waals surface area contributed by atoms with Crippen molar-refractivity contribution < 1.29 is 4.74 Å². The molecule has 15 heavy (non-hydrogen) atoms. The Morgan fingerprint density at radius 2 is 2.27 bits per heavy atom. The van der Waals surface area contributed by atoms with Crippen molar-refractivity contribution in [3.05, 3.63) is 5.01 Å². The first-order valence-corrected chi connectivity index (χ1v) is 6.24. The molecule has 4 nitrogen and oxygen atoms in total. The van der Waals surface area contributed by atoms with Crippen LogP contribution in [-0.4, -0.2) is 22.8 Å². The third kappa shape index (κ3) is 3.76. The van der Waals surface area contributed by atoms with Crippen molar-refractivity contribution in [1.82, 2.24) is 15.5 Å². The van der Waals surface area contributed by atoms with Crippen molar-refractivity contribution in [2.45, 2.75) is 39.3 Å². The third-order valence-corrected chi connectivity index (χ3v) is 2.94. The lowest BCUT2D eigenvalue weighted by Crippen LogP contribution is -2.14. The molecule has 0 saturated heterocycles. The normalized spacial score (nSPS) is 15.9. The maximum Gasteiger partial charge on any atom is 0.294 e. The molecule has 1 aromatic heterocycles. The molecule has 0 spiro atoms. The van der Waals surface area contributed by atoms with Gasteiger partial charge in [0.25, 0.3) is 5.19 Å². The number of hydrogen-bond acceptors (Lipinski definition) is 5. The monoisotopic (exact) mass is 227 g/mol. The van der Waals surface area contributed by atoms with Crippen LogP contribution in [-0.2, 0) is 6.54 Å². The van der Waals surface area contributed by atoms with Crippen LogP contribution in [0.2, 0.25) is 0 Å². The van der Waals surface area contributed by atoms with Crippen LogP contribution in [0.15, 0.2) is 0 Å². The summed E-state index contributed by atoms with van der Waals surface area (Å²) >= 11 is 1.54. The highest BCUT2D eigenvalue weighted by molar-refractivity contribution is 7.13. The standard InChI is InChI=1S/C10H17N3OS/c1-7(2)6-14-10-13-12-9(15-10)5-11-8-3-4-8/h7-8,11H,3-6H2,1-2H3. The molecule has 2 rings (SSSR count). The average Bonchev–Trinajstić information content (AvgIpc) is 2.92. The zero-order valence-corrected chi connectivity index (χ0v) is 10.0. The van der Waals surface area contributed by atoms with Crippen molar-refractivity contribution in [2.24, 2.45) is 5.92 Å². The molecule has 1 heterocycles. The Labute approximate surface area is 94.1 Å². The zero-order chi connectivity index (χ0) is 10.7. The van der Waals surface area contributed by atoms with E-state index in [9.17, 15) is 0 Å². The second-order valence-electron chi connectivity index (χ2n) is 4.32. The Balaban J connectivity index is 1.75. The quantitative estimate of drug-likeness (QED) is 0.805. The summed E-state index contributed by atoms with van der Waals surface area (Å²) in [5.74, 6) is 0.530. The van der Waals surface area contributed by atoms with E-state index in [2.05, 4.69) is 29.4 Å². The van der Waals surface area contributed by atoms with Gasteiger partial charge in [-0.3, -0.25) is 0 Å². The molecule has 1 N–H and O–H groups in total. The molecule has 5 heteroatoms. The largest absolute Gasteiger partial charge is 0.469 e. The lowest BCUT2D eigenvalue weighted by atomic mass is 10.2. The van der Waals surface area contributed by atoms with E-state index in [-0.39, 0.29) is 0 Å². The summed E-state index contributed by atoms with van der Waals surface area (Å²) in [6.45, 7) is 5.78. The van der Waals surface area contributed by atoms with Gasteiger partial charge in [-0.1, -0.05) is 25.2 Å². The smallest absolute Gasteiger partial charge is 0.294 e. The predicted molar refractivity (Wildman–Crippen MR) is 60.1 cm³/mol. The summed E-state index contributed by atoms with van der Waals surface area (Å²) in [5.41, 5.74) is 0. The molecule has 0 amide bonds. The molecule has 1 saturated carbocycles. The molecule has 1 aromatic rings. The van der Waals surface area contributed by atoms with Gasteiger partial charge in [0.1, 0.15) is 5.01 Å². The maximum absolute atomic E-state index is 5.49. The van der Waals surface area contributed by atoms with Gasteiger partial charge in [-0.15, -0.1) is 10.2 Å². The van der Waals surface area contributed by atoms with Gasteiger partial charge in [-0.05, 0) is 18.8 Å². The van der Waals surface area contributed by atoms with Gasteiger partial charge in [0.05, 0.1) is 13.2 Å². The number of hydrogen-bond donors (Lipinski definition) is 1. The third-order valence-electron chi connectivity index (χ3n) is 2.11. The molecule has 0 atom stereocenters. The van der Waals surface area contributed by atoms with E-state index in [0.717, 1.165) is 11.6 Å². The summed E-state index contributed by atoms with van der Waals surface area (Å²) in [4.78, 5) is 0. The SMILES string of the molecule is CC(C)COc1nnc(CNC2CC2)s1. The first-order chi connectivity index (χ1) is 7.24. The van der Waals surface area contributed by atoms with Crippen LogP contribution < -0.4 is 10.1 Å². The summed E-state index contributed by atoms with van der Waals surface area (Å²) in [6, 6.07) is 0.717. The number of aromatic nitrogens is 2. The highest BCUT2D eigenvalue weighted by atomic mass is 32.1. The molecule has 0 bridgehead atoms. The van der Waals surface area contributed by atoms with Crippen LogP contribution in [0.3, 0.4) is 0 Å². The van der Waals surface area contributed by atoms with Crippen molar-refractivity contribution in [3.63, 3.8) is 0 Å². The lowest BCUT2D eigenvalue weighted by molar-refractivity contribution is 0.268. The molecule has 1 aliphatic carbocycles. The highest BCUT2D eigenvalue weighted by Crippen LogP contribution is 2.22. The van der Waals surface area contributed by atoms with Crippen LogP contribution in [0.5, 0.6) is 5.19 Å². The predicted octanol–water partition coefficient (Wildman–Crippen LogP) is 1.82. The number of rotatable bonds is 6. The molecule has 84 valence electrons. The molecule has 1 aliphatic rings. The molecule has 0 aromatic carbocycles. The van der Waals surface area contributed by atoms with Crippen molar-refractivity contribution in [2.75, 3.05) is 6.61 Å². The number of nitrogens with zero attached hydrogens (tertiary/aromatic N) is 2. The van der Waals surface area contributed by atoms with E-state index >= 15 is 0 Å². The van der Waals surface area contributed by atoms with Gasteiger partial charge in [-0.25, -0.2) is 0 Å². The Kier molecular flexibility index (Phi) is 3.53. The molecule has 0 aliphatic heterocycles. The van der Waals surface area contributed by atoms with Gasteiger partial charge in [0.15, 0.2) is 0 Å². The minimum Gasteiger partial charge on any atom is -0.469 e. The van der Waals surface area contributed by atoms with E-state index in [1.54, 1.807) is 0 Å². The van der Waals surface area contributed by atoms with Gasteiger partial charge in [0, 0.05) is 6.04 Å².